The van der Waals surface area contributed by atoms with E-state index in [0.29, 0.717) is 23.6 Å². The van der Waals surface area contributed by atoms with Gasteiger partial charge in [-0.05, 0) is 37.1 Å². The number of aromatic nitrogens is 2. The first-order valence-corrected chi connectivity index (χ1v) is 14.6. The molecule has 3 heterocycles. The first kappa shape index (κ1) is 24.8. The SMILES string of the molecule is O=C(Nc1nnc(CCS(=O)(=O)c2ccccc2)o1)C1CCCCN1S(=O)(=O)c1ccc(Cl)s1. The van der Waals surface area contributed by atoms with E-state index in [1.807, 2.05) is 0 Å². The number of sulfonamides is 1. The van der Waals surface area contributed by atoms with Crippen LogP contribution in [0.2, 0.25) is 4.34 Å². The summed E-state index contributed by atoms with van der Waals surface area (Å²) in [7, 11) is -7.44. The number of nitrogens with one attached hydrogen (secondary N) is 1. The van der Waals surface area contributed by atoms with Gasteiger partial charge in [-0.2, -0.15) is 4.31 Å². The number of anilines is 1. The number of piperidine rings is 1. The van der Waals surface area contributed by atoms with E-state index in [0.717, 1.165) is 15.6 Å². The van der Waals surface area contributed by atoms with Gasteiger partial charge in [-0.3, -0.25) is 10.1 Å². The number of rotatable bonds is 8. The first-order valence-electron chi connectivity index (χ1n) is 10.3. The fourth-order valence-electron chi connectivity index (χ4n) is 3.57. The molecule has 0 radical (unpaired) electrons. The quantitative estimate of drug-likeness (QED) is 0.456. The number of nitrogens with zero attached hydrogens (tertiary/aromatic N) is 3. The average Bonchev–Trinajstić information content (AvgIpc) is 3.47. The monoisotopic (exact) mass is 544 g/mol. The van der Waals surface area contributed by atoms with Crippen LogP contribution in [0.3, 0.4) is 0 Å². The van der Waals surface area contributed by atoms with E-state index >= 15 is 0 Å². The largest absolute Gasteiger partial charge is 0.408 e. The van der Waals surface area contributed by atoms with E-state index < -0.39 is 31.8 Å². The van der Waals surface area contributed by atoms with Gasteiger partial charge < -0.3 is 4.42 Å². The number of thiophene rings is 1. The lowest BCUT2D eigenvalue weighted by atomic mass is 10.0. The molecule has 1 aromatic carbocycles. The van der Waals surface area contributed by atoms with Crippen molar-refractivity contribution in [2.45, 2.75) is 40.8 Å². The summed E-state index contributed by atoms with van der Waals surface area (Å²) in [5.41, 5.74) is 0. The van der Waals surface area contributed by atoms with Crippen molar-refractivity contribution in [3.05, 3.63) is 52.7 Å². The molecule has 1 unspecified atom stereocenters. The van der Waals surface area contributed by atoms with Gasteiger partial charge in [0.2, 0.25) is 11.8 Å². The topological polar surface area (TPSA) is 140 Å². The van der Waals surface area contributed by atoms with E-state index in [1.165, 1.54) is 24.3 Å². The third-order valence-electron chi connectivity index (χ3n) is 5.25. The molecule has 1 aliphatic rings. The summed E-state index contributed by atoms with van der Waals surface area (Å²) in [4.78, 5) is 13.1. The van der Waals surface area contributed by atoms with Crippen molar-refractivity contribution in [3.8, 4) is 0 Å². The molecule has 3 aromatic rings. The third-order valence-corrected chi connectivity index (χ3v) is 10.6. The second-order valence-corrected chi connectivity index (χ2v) is 13.5. The van der Waals surface area contributed by atoms with Gasteiger partial charge in [0.25, 0.3) is 10.0 Å². The Labute approximate surface area is 205 Å². The Kier molecular flexibility index (Phi) is 7.38. The number of amides is 1. The fraction of sp³-hybridized carbons (Fsp3) is 0.350. The Hall–Kier alpha value is -2.32. The zero-order chi connectivity index (χ0) is 24.3. The Morgan fingerprint density at radius 1 is 1.12 bits per heavy atom. The molecule has 10 nitrogen and oxygen atoms in total. The van der Waals surface area contributed by atoms with Crippen LogP contribution in [-0.4, -0.2) is 55.6 Å². The highest BCUT2D eigenvalue weighted by molar-refractivity contribution is 7.91. The molecule has 1 aliphatic heterocycles. The molecule has 1 amide bonds. The van der Waals surface area contributed by atoms with E-state index in [4.69, 9.17) is 16.0 Å². The predicted molar refractivity (Wildman–Crippen MR) is 126 cm³/mol. The molecule has 1 atom stereocenters. The van der Waals surface area contributed by atoms with Gasteiger partial charge in [0.05, 0.1) is 15.0 Å². The van der Waals surface area contributed by atoms with Crippen molar-refractivity contribution in [2.75, 3.05) is 17.6 Å². The van der Waals surface area contributed by atoms with Gasteiger partial charge >= 0.3 is 6.01 Å². The molecule has 182 valence electrons. The fourth-order valence-corrected chi connectivity index (χ4v) is 8.09. The van der Waals surface area contributed by atoms with E-state index in [9.17, 15) is 21.6 Å². The summed E-state index contributed by atoms with van der Waals surface area (Å²) >= 11 is 6.82. The van der Waals surface area contributed by atoms with Gasteiger partial charge in [0.15, 0.2) is 9.84 Å². The minimum atomic E-state index is -3.90. The molecule has 2 aromatic heterocycles. The van der Waals surface area contributed by atoms with Crippen molar-refractivity contribution in [1.82, 2.24) is 14.5 Å². The standard InChI is InChI=1S/C20H21ClN4O6S3/c21-16-9-10-18(32-16)34(29,30)25-12-5-4-8-15(25)19(26)22-20-24-23-17(31-20)11-13-33(27,28)14-6-2-1-3-7-14/h1-3,6-7,9-10,15H,4-5,8,11-13H2,(H,22,24,26). The average molecular weight is 545 g/mol. The zero-order valence-corrected chi connectivity index (χ0v) is 21.0. The Morgan fingerprint density at radius 2 is 1.88 bits per heavy atom. The Morgan fingerprint density at radius 3 is 2.59 bits per heavy atom. The van der Waals surface area contributed by atoms with E-state index in [1.54, 1.807) is 18.2 Å². The van der Waals surface area contributed by atoms with Crippen LogP contribution < -0.4 is 5.32 Å². The number of carbonyl (C=O) groups excluding carboxylic acids is 1. The molecule has 4 rings (SSSR count). The summed E-state index contributed by atoms with van der Waals surface area (Å²) in [5.74, 6) is -0.806. The normalized spacial score (nSPS) is 17.5. The minimum absolute atomic E-state index is 0.0381. The molecular formula is C20H21ClN4O6S3. The Bertz CT molecular complexity index is 1370. The van der Waals surface area contributed by atoms with Gasteiger partial charge in [-0.25, -0.2) is 16.8 Å². The van der Waals surface area contributed by atoms with Crippen LogP contribution in [0.25, 0.3) is 0 Å². The molecule has 0 bridgehead atoms. The lowest BCUT2D eigenvalue weighted by Gasteiger charge is -2.32. The van der Waals surface area contributed by atoms with Crippen LogP contribution in [0.4, 0.5) is 6.01 Å². The number of benzene rings is 1. The smallest absolute Gasteiger partial charge is 0.322 e. The van der Waals surface area contributed by atoms with Gasteiger partial charge in [0.1, 0.15) is 10.3 Å². The summed E-state index contributed by atoms with van der Waals surface area (Å²) in [5, 5.41) is 10.00. The van der Waals surface area contributed by atoms with Crippen LogP contribution >= 0.6 is 22.9 Å². The lowest BCUT2D eigenvalue weighted by Crippen LogP contribution is -2.49. The van der Waals surface area contributed by atoms with Gasteiger partial charge in [0, 0.05) is 13.0 Å². The van der Waals surface area contributed by atoms with Crippen LogP contribution in [0.5, 0.6) is 0 Å². The highest BCUT2D eigenvalue weighted by Gasteiger charge is 2.38. The number of halogens is 1. The minimum Gasteiger partial charge on any atom is -0.408 e. The van der Waals surface area contributed by atoms with Crippen molar-refractivity contribution in [2.24, 2.45) is 0 Å². The predicted octanol–water partition coefficient (Wildman–Crippen LogP) is 2.98. The molecule has 1 fully saturated rings. The van der Waals surface area contributed by atoms with Gasteiger partial charge in [-0.15, -0.1) is 16.4 Å². The molecule has 0 aliphatic carbocycles. The van der Waals surface area contributed by atoms with E-state index in [2.05, 4.69) is 15.5 Å². The number of sulfone groups is 1. The number of aryl methyl sites for hydroxylation is 1. The third kappa shape index (κ3) is 5.49. The van der Waals surface area contributed by atoms with Gasteiger partial charge in [-0.1, -0.05) is 41.3 Å². The summed E-state index contributed by atoms with van der Waals surface area (Å²) in [6.07, 6.45) is 1.61. The first-order chi connectivity index (χ1) is 16.2. The van der Waals surface area contributed by atoms with Crippen molar-refractivity contribution in [1.29, 1.82) is 0 Å². The maximum atomic E-state index is 13.1. The molecular weight excluding hydrogens is 524 g/mol. The molecule has 34 heavy (non-hydrogen) atoms. The second kappa shape index (κ2) is 10.1. The summed E-state index contributed by atoms with van der Waals surface area (Å²) < 4.78 is 57.9. The van der Waals surface area contributed by atoms with Crippen LogP contribution in [-0.2, 0) is 31.1 Å². The highest BCUT2D eigenvalue weighted by atomic mass is 35.5. The lowest BCUT2D eigenvalue weighted by molar-refractivity contribution is -0.120. The maximum Gasteiger partial charge on any atom is 0.322 e. The van der Waals surface area contributed by atoms with Crippen LogP contribution in [0.1, 0.15) is 25.2 Å². The molecule has 1 saturated heterocycles. The number of carbonyl (C=O) groups is 1. The molecule has 0 saturated carbocycles. The summed E-state index contributed by atoms with van der Waals surface area (Å²) in [6.45, 7) is 0.197. The zero-order valence-electron chi connectivity index (χ0n) is 17.8. The Balaban J connectivity index is 1.42. The van der Waals surface area contributed by atoms with Crippen molar-refractivity contribution >= 4 is 54.7 Å². The second-order valence-electron chi connectivity index (χ2n) is 7.56. The molecule has 14 heteroatoms. The highest BCUT2D eigenvalue weighted by Crippen LogP contribution is 2.32. The van der Waals surface area contributed by atoms with Crippen molar-refractivity contribution in [3.63, 3.8) is 0 Å². The maximum absolute atomic E-state index is 13.1. The van der Waals surface area contributed by atoms with Crippen LogP contribution in [0, 0.1) is 0 Å². The molecule has 0 spiro atoms. The summed E-state index contributed by atoms with van der Waals surface area (Å²) in [6, 6.07) is 9.74. The van der Waals surface area contributed by atoms with Crippen molar-refractivity contribution < 1.29 is 26.0 Å². The number of hydrogen-bond acceptors (Lipinski definition) is 9. The van der Waals surface area contributed by atoms with Crippen LogP contribution in [0.15, 0.2) is 56.0 Å². The number of hydrogen-bond donors (Lipinski definition) is 1. The molecule has 1 N–H and O–H groups in total. The van der Waals surface area contributed by atoms with E-state index in [-0.39, 0.29) is 39.7 Å².